The Morgan fingerprint density at radius 3 is 0.762 bits per heavy atom. The van der Waals surface area contributed by atoms with Gasteiger partial charge in [0.25, 0.3) is 0 Å². The topological polar surface area (TPSA) is 69.7 Å². The van der Waals surface area contributed by atoms with Crippen molar-refractivity contribution in [2.75, 3.05) is 14.2 Å². The van der Waals surface area contributed by atoms with E-state index in [2.05, 4.69) is 0 Å². The predicted octanol–water partition coefficient (Wildman–Crippen LogP) is 7.70. The predicted molar refractivity (Wildman–Crippen MR) is 165 cm³/mol. The molecule has 42 heavy (non-hydrogen) atoms. The zero-order valence-corrected chi connectivity index (χ0v) is 24.1. The van der Waals surface area contributed by atoms with Crippen LogP contribution in [0, 0.1) is 13.8 Å². The molecule has 0 saturated carbocycles. The Bertz CT molecular complexity index is 1650. The van der Waals surface area contributed by atoms with E-state index < -0.39 is 0 Å². The van der Waals surface area contributed by atoms with Gasteiger partial charge in [-0.05, 0) is 62.4 Å². The number of hydrogen-bond donors (Lipinski definition) is 0. The summed E-state index contributed by atoms with van der Waals surface area (Å²) in [6, 6.07) is 35.9. The summed E-state index contributed by atoms with van der Waals surface area (Å²) in [5.41, 5.74) is 5.97. The van der Waals surface area contributed by atoms with Crippen molar-refractivity contribution in [2.45, 2.75) is 13.8 Å². The van der Waals surface area contributed by atoms with Crippen molar-refractivity contribution in [1.82, 2.24) is 0 Å². The molecule has 5 heteroatoms. The first-order chi connectivity index (χ1) is 20.3. The van der Waals surface area contributed by atoms with Crippen LogP contribution in [0.25, 0.3) is 0 Å². The Balaban J connectivity index is 0.000000208. The van der Waals surface area contributed by atoms with Gasteiger partial charge in [0.1, 0.15) is 11.5 Å². The van der Waals surface area contributed by atoms with Crippen LogP contribution in [0.5, 0.6) is 11.5 Å². The summed E-state index contributed by atoms with van der Waals surface area (Å²) in [7, 11) is 3.19. The van der Waals surface area contributed by atoms with Gasteiger partial charge < -0.3 is 9.47 Å². The fraction of sp³-hybridized carbons (Fsp3) is 0.108. The first kappa shape index (κ1) is 29.7. The maximum absolute atomic E-state index is 12.5. The fourth-order valence-electron chi connectivity index (χ4n) is 4.17. The summed E-state index contributed by atoms with van der Waals surface area (Å²) in [5, 5.41) is 0. The molecule has 0 radical (unpaired) electrons. The van der Waals surface area contributed by atoms with Gasteiger partial charge in [0.15, 0.2) is 17.3 Å². The van der Waals surface area contributed by atoms with Gasteiger partial charge in [-0.2, -0.15) is 0 Å². The number of ketones is 3. The minimum absolute atomic E-state index is 0.0349. The van der Waals surface area contributed by atoms with Crippen molar-refractivity contribution in [2.24, 2.45) is 0 Å². The van der Waals surface area contributed by atoms with Crippen LogP contribution in [0.2, 0.25) is 0 Å². The van der Waals surface area contributed by atoms with Crippen molar-refractivity contribution in [3.8, 4) is 11.5 Å². The van der Waals surface area contributed by atoms with Crippen molar-refractivity contribution < 1.29 is 23.9 Å². The summed E-state index contributed by atoms with van der Waals surface area (Å²) in [6.07, 6.45) is 0. The molecule has 5 nitrogen and oxygen atoms in total. The molecule has 5 rings (SSSR count). The number of ether oxygens (including phenoxy) is 2. The van der Waals surface area contributed by atoms with Crippen LogP contribution in [-0.4, -0.2) is 31.6 Å². The molecule has 0 aromatic heterocycles. The molecular formula is C37H32O5. The number of carbonyl (C=O) groups is 3. The quantitative estimate of drug-likeness (QED) is 0.183. The lowest BCUT2D eigenvalue weighted by molar-refractivity contribution is 0.102. The smallest absolute Gasteiger partial charge is 0.193 e. The van der Waals surface area contributed by atoms with E-state index in [-0.39, 0.29) is 17.3 Å². The lowest BCUT2D eigenvalue weighted by Gasteiger charge is -2.05. The molecule has 0 atom stereocenters. The van der Waals surface area contributed by atoms with Gasteiger partial charge in [0.2, 0.25) is 0 Å². The summed E-state index contributed by atoms with van der Waals surface area (Å²) in [4.78, 5) is 37.1. The third-order valence-corrected chi connectivity index (χ3v) is 6.74. The van der Waals surface area contributed by atoms with Gasteiger partial charge in [-0.1, -0.05) is 83.9 Å². The first-order valence-corrected chi connectivity index (χ1v) is 13.4. The monoisotopic (exact) mass is 556 g/mol. The Labute approximate surface area is 246 Å². The molecule has 0 bridgehead atoms. The molecule has 0 N–H and O–H groups in total. The van der Waals surface area contributed by atoms with Gasteiger partial charge in [-0.3, -0.25) is 14.4 Å². The molecule has 0 unspecified atom stereocenters. The van der Waals surface area contributed by atoms with Crippen LogP contribution < -0.4 is 9.47 Å². The molecule has 0 heterocycles. The van der Waals surface area contributed by atoms with E-state index in [1.54, 1.807) is 87.0 Å². The molecule has 210 valence electrons. The van der Waals surface area contributed by atoms with Gasteiger partial charge in [-0.15, -0.1) is 0 Å². The number of rotatable bonds is 8. The molecule has 0 spiro atoms. The maximum atomic E-state index is 12.5. The Morgan fingerprint density at radius 2 is 0.548 bits per heavy atom. The zero-order chi connectivity index (χ0) is 30.1. The molecular weight excluding hydrogens is 524 g/mol. The lowest BCUT2D eigenvalue weighted by Crippen LogP contribution is -2.04. The average Bonchev–Trinajstić information content (AvgIpc) is 3.05. The maximum Gasteiger partial charge on any atom is 0.193 e. The Kier molecular flexibility index (Phi) is 9.80. The highest BCUT2D eigenvalue weighted by Crippen LogP contribution is 2.18. The molecule has 0 amide bonds. The number of hydrogen-bond acceptors (Lipinski definition) is 5. The normalized spacial score (nSPS) is 10.2. The molecule has 0 fully saturated rings. The molecule has 0 saturated heterocycles. The van der Waals surface area contributed by atoms with E-state index in [1.165, 1.54) is 0 Å². The molecule has 5 aromatic carbocycles. The fourth-order valence-corrected chi connectivity index (χ4v) is 4.17. The zero-order valence-electron chi connectivity index (χ0n) is 24.1. The highest BCUT2D eigenvalue weighted by Gasteiger charge is 2.13. The second kappa shape index (κ2) is 13.9. The molecule has 0 aliphatic carbocycles. The van der Waals surface area contributed by atoms with Crippen LogP contribution in [0.3, 0.4) is 0 Å². The summed E-state index contributed by atoms with van der Waals surface area (Å²) in [6.45, 7) is 3.98. The lowest BCUT2D eigenvalue weighted by atomic mass is 9.98. The number of carbonyl (C=O) groups excluding carboxylic acids is 3. The van der Waals surface area contributed by atoms with Crippen LogP contribution in [0.4, 0.5) is 0 Å². The van der Waals surface area contributed by atoms with E-state index in [0.717, 1.165) is 16.9 Å². The van der Waals surface area contributed by atoms with Gasteiger partial charge in [0.05, 0.1) is 14.2 Å². The largest absolute Gasteiger partial charge is 0.497 e. The third-order valence-electron chi connectivity index (χ3n) is 6.74. The second-order valence-corrected chi connectivity index (χ2v) is 9.75. The van der Waals surface area contributed by atoms with Crippen LogP contribution in [0.1, 0.15) is 58.9 Å². The summed E-state index contributed by atoms with van der Waals surface area (Å²) >= 11 is 0. The van der Waals surface area contributed by atoms with Crippen molar-refractivity contribution >= 4 is 17.3 Å². The van der Waals surface area contributed by atoms with E-state index >= 15 is 0 Å². The van der Waals surface area contributed by atoms with Gasteiger partial charge in [0, 0.05) is 33.4 Å². The molecule has 0 aliphatic heterocycles. The summed E-state index contributed by atoms with van der Waals surface area (Å²) in [5.74, 6) is 1.36. The Hall–Kier alpha value is -5.29. The Morgan fingerprint density at radius 1 is 0.357 bits per heavy atom. The SMILES string of the molecule is COc1ccc(C(=O)c2ccc(C(=O)c3ccc(C)cc3)cc2)cc1.COc1ccc(C(=O)c2ccc(C)cc2)cc1. The molecule has 0 aliphatic rings. The van der Waals surface area contributed by atoms with E-state index in [4.69, 9.17) is 9.47 Å². The number of methoxy groups -OCH3 is 2. The molecule has 5 aromatic rings. The van der Waals surface area contributed by atoms with Crippen LogP contribution in [-0.2, 0) is 0 Å². The highest BCUT2D eigenvalue weighted by atomic mass is 16.5. The number of benzene rings is 5. The summed E-state index contributed by atoms with van der Waals surface area (Å²) < 4.78 is 10.2. The minimum atomic E-state index is -0.0861. The number of aryl methyl sites for hydroxylation is 2. The van der Waals surface area contributed by atoms with Gasteiger partial charge in [-0.25, -0.2) is 0 Å². The first-order valence-electron chi connectivity index (χ1n) is 13.4. The standard InChI is InChI=1S/C22H18O3.C15H14O2/c1-15-3-5-16(6-4-15)21(23)17-7-9-18(10-8-17)22(24)19-11-13-20(25-2)14-12-19;1-11-3-5-12(6-4-11)15(16)13-7-9-14(17-2)10-8-13/h3-14H,1-2H3;3-10H,1-2H3. The van der Waals surface area contributed by atoms with E-state index in [9.17, 15) is 14.4 Å². The van der Waals surface area contributed by atoms with Crippen molar-refractivity contribution in [1.29, 1.82) is 0 Å². The van der Waals surface area contributed by atoms with Crippen molar-refractivity contribution in [3.05, 3.63) is 166 Å². The van der Waals surface area contributed by atoms with E-state index in [0.29, 0.717) is 39.1 Å². The average molecular weight is 557 g/mol. The third kappa shape index (κ3) is 7.46. The second-order valence-electron chi connectivity index (χ2n) is 9.75. The van der Waals surface area contributed by atoms with Gasteiger partial charge >= 0.3 is 0 Å². The van der Waals surface area contributed by atoms with E-state index in [1.807, 2.05) is 62.4 Å². The van der Waals surface area contributed by atoms with Crippen LogP contribution >= 0.6 is 0 Å². The minimum Gasteiger partial charge on any atom is -0.497 e. The van der Waals surface area contributed by atoms with Crippen LogP contribution in [0.15, 0.2) is 121 Å². The highest BCUT2D eigenvalue weighted by molar-refractivity contribution is 6.12. The van der Waals surface area contributed by atoms with Crippen molar-refractivity contribution in [3.63, 3.8) is 0 Å².